The molecule has 8 heteroatoms. The van der Waals surface area contributed by atoms with Crippen LogP contribution in [0.5, 0.6) is 5.75 Å². The van der Waals surface area contributed by atoms with Crippen LogP contribution in [0.15, 0.2) is 24.3 Å². The van der Waals surface area contributed by atoms with E-state index < -0.39 is 11.5 Å². The van der Waals surface area contributed by atoms with Crippen LogP contribution < -0.4 is 10.5 Å². The summed E-state index contributed by atoms with van der Waals surface area (Å²) in [6, 6.07) is 7.49. The number of benzene rings is 1. The first kappa shape index (κ1) is 22.6. The number of ether oxygens (including phenoxy) is 2. The molecule has 2 aromatic rings. The highest BCUT2D eigenvalue weighted by atomic mass is 35.5. The molecular formula is C22H31ClN4O3. The number of halogens is 1. The number of aromatic nitrogens is 2. The van der Waals surface area contributed by atoms with Crippen LogP contribution in [0.3, 0.4) is 0 Å². The van der Waals surface area contributed by atoms with Crippen LogP contribution in [0.1, 0.15) is 43.3 Å². The molecule has 1 fully saturated rings. The number of morpholine rings is 1. The number of primary amides is 1. The van der Waals surface area contributed by atoms with Gasteiger partial charge in [0.15, 0.2) is 0 Å². The van der Waals surface area contributed by atoms with E-state index in [0.29, 0.717) is 30.0 Å². The van der Waals surface area contributed by atoms with Crippen molar-refractivity contribution in [2.24, 2.45) is 5.73 Å². The summed E-state index contributed by atoms with van der Waals surface area (Å²) in [5.41, 5.74) is 8.17. The van der Waals surface area contributed by atoms with Gasteiger partial charge in [-0.3, -0.25) is 14.4 Å². The third-order valence-corrected chi connectivity index (χ3v) is 5.70. The molecule has 1 aliphatic heterocycles. The Bertz CT molecular complexity index is 899. The van der Waals surface area contributed by atoms with Crippen molar-refractivity contribution in [2.75, 3.05) is 26.3 Å². The fourth-order valence-corrected chi connectivity index (χ4v) is 4.23. The molecule has 0 aliphatic carbocycles. The van der Waals surface area contributed by atoms with Crippen molar-refractivity contribution >= 4 is 17.5 Å². The van der Waals surface area contributed by atoms with E-state index >= 15 is 0 Å². The van der Waals surface area contributed by atoms with Crippen molar-refractivity contribution in [2.45, 2.75) is 52.3 Å². The van der Waals surface area contributed by atoms with Crippen LogP contribution in [0, 0.1) is 13.8 Å². The number of nitrogens with zero attached hydrogens (tertiary/aromatic N) is 3. The number of carbonyl (C=O) groups is 1. The van der Waals surface area contributed by atoms with E-state index in [1.807, 2.05) is 19.1 Å². The standard InChI is InChI=1S/C22H31ClN4O3/c1-15(2)27-17(4)20(16(3)25-27)12-26-8-9-30-22(13-26,11-21(24)28)14-29-19-7-5-6-18(23)10-19/h5-7,10,15H,8-9,11-14H2,1-4H3,(H2,24,28). The molecule has 1 atom stereocenters. The number of hydrogen-bond donors (Lipinski definition) is 1. The van der Waals surface area contributed by atoms with E-state index in [1.54, 1.807) is 12.1 Å². The van der Waals surface area contributed by atoms with Crippen LogP contribution in [-0.4, -0.2) is 52.5 Å². The topological polar surface area (TPSA) is 82.6 Å². The molecule has 0 bridgehead atoms. The molecule has 1 aromatic heterocycles. The van der Waals surface area contributed by atoms with E-state index in [4.69, 9.17) is 31.9 Å². The third kappa shape index (κ3) is 5.33. The number of hydrogen-bond acceptors (Lipinski definition) is 5. The zero-order chi connectivity index (χ0) is 21.9. The second kappa shape index (κ2) is 9.37. The summed E-state index contributed by atoms with van der Waals surface area (Å²) >= 11 is 6.05. The molecule has 0 spiro atoms. The van der Waals surface area contributed by atoms with Gasteiger partial charge >= 0.3 is 0 Å². The Morgan fingerprint density at radius 2 is 2.17 bits per heavy atom. The van der Waals surface area contributed by atoms with Crippen molar-refractivity contribution in [1.29, 1.82) is 0 Å². The molecule has 30 heavy (non-hydrogen) atoms. The highest BCUT2D eigenvalue weighted by Crippen LogP contribution is 2.27. The van der Waals surface area contributed by atoms with Gasteiger partial charge in [-0.05, 0) is 45.9 Å². The van der Waals surface area contributed by atoms with Gasteiger partial charge in [0, 0.05) is 42.0 Å². The third-order valence-electron chi connectivity index (χ3n) is 5.47. The van der Waals surface area contributed by atoms with Crippen molar-refractivity contribution < 1.29 is 14.3 Å². The highest BCUT2D eigenvalue weighted by molar-refractivity contribution is 6.30. The fraction of sp³-hybridized carbons (Fsp3) is 0.545. The molecule has 1 saturated heterocycles. The van der Waals surface area contributed by atoms with Gasteiger partial charge in [0.1, 0.15) is 18.0 Å². The van der Waals surface area contributed by atoms with Crippen molar-refractivity contribution in [3.05, 3.63) is 46.2 Å². The first-order valence-corrected chi connectivity index (χ1v) is 10.6. The second-order valence-electron chi connectivity index (χ2n) is 8.32. The quantitative estimate of drug-likeness (QED) is 0.689. The summed E-state index contributed by atoms with van der Waals surface area (Å²) in [7, 11) is 0. The molecule has 1 aromatic carbocycles. The number of carbonyl (C=O) groups excluding carboxylic acids is 1. The molecule has 3 rings (SSSR count). The Morgan fingerprint density at radius 3 is 2.80 bits per heavy atom. The van der Waals surface area contributed by atoms with E-state index in [1.165, 1.54) is 11.3 Å². The van der Waals surface area contributed by atoms with Gasteiger partial charge in [0.05, 0.1) is 18.7 Å². The van der Waals surface area contributed by atoms with Gasteiger partial charge in [-0.25, -0.2) is 0 Å². The SMILES string of the molecule is Cc1nn(C(C)C)c(C)c1CN1CCOC(COc2cccc(Cl)c2)(CC(N)=O)C1. The van der Waals surface area contributed by atoms with E-state index in [-0.39, 0.29) is 13.0 Å². The first-order valence-electron chi connectivity index (χ1n) is 10.3. The Kier molecular flexibility index (Phi) is 7.06. The molecule has 0 saturated carbocycles. The molecular weight excluding hydrogens is 404 g/mol. The average molecular weight is 435 g/mol. The second-order valence-corrected chi connectivity index (χ2v) is 8.76. The van der Waals surface area contributed by atoms with Gasteiger partial charge in [-0.1, -0.05) is 17.7 Å². The minimum atomic E-state index is -0.803. The minimum absolute atomic E-state index is 0.0906. The van der Waals surface area contributed by atoms with Crippen molar-refractivity contribution in [3.63, 3.8) is 0 Å². The highest BCUT2D eigenvalue weighted by Gasteiger charge is 2.39. The molecule has 1 amide bonds. The lowest BCUT2D eigenvalue weighted by Crippen LogP contribution is -2.56. The molecule has 164 valence electrons. The Labute approximate surface area is 183 Å². The zero-order valence-corrected chi connectivity index (χ0v) is 18.9. The predicted molar refractivity (Wildman–Crippen MR) is 117 cm³/mol. The molecule has 1 aliphatic rings. The van der Waals surface area contributed by atoms with E-state index in [0.717, 1.165) is 18.8 Å². The summed E-state index contributed by atoms with van der Waals surface area (Å²) in [6.07, 6.45) is 0.0906. The predicted octanol–water partition coefficient (Wildman–Crippen LogP) is 3.26. The Hall–Kier alpha value is -2.09. The lowest BCUT2D eigenvalue weighted by atomic mass is 9.97. The summed E-state index contributed by atoms with van der Waals surface area (Å²) in [4.78, 5) is 14.1. The zero-order valence-electron chi connectivity index (χ0n) is 18.2. The summed E-state index contributed by atoms with van der Waals surface area (Å²) in [6.45, 7) is 11.2. The number of nitrogens with two attached hydrogens (primary N) is 1. The average Bonchev–Trinajstić information content (AvgIpc) is 2.95. The van der Waals surface area contributed by atoms with Crippen LogP contribution in [-0.2, 0) is 16.1 Å². The van der Waals surface area contributed by atoms with Crippen LogP contribution in [0.2, 0.25) is 5.02 Å². The van der Waals surface area contributed by atoms with E-state index in [9.17, 15) is 4.79 Å². The van der Waals surface area contributed by atoms with Gasteiger partial charge in [0.25, 0.3) is 0 Å². The maximum Gasteiger partial charge on any atom is 0.220 e. The van der Waals surface area contributed by atoms with Crippen molar-refractivity contribution in [1.82, 2.24) is 14.7 Å². The lowest BCUT2D eigenvalue weighted by Gasteiger charge is -2.42. The van der Waals surface area contributed by atoms with Crippen LogP contribution >= 0.6 is 11.6 Å². The summed E-state index contributed by atoms with van der Waals surface area (Å²) < 4.78 is 14.1. The molecule has 2 heterocycles. The lowest BCUT2D eigenvalue weighted by molar-refractivity contribution is -0.148. The van der Waals surface area contributed by atoms with Gasteiger partial charge in [-0.2, -0.15) is 5.10 Å². The molecule has 2 N–H and O–H groups in total. The molecule has 1 unspecified atom stereocenters. The maximum absolute atomic E-state index is 11.8. The number of amides is 1. The molecule has 7 nitrogen and oxygen atoms in total. The smallest absolute Gasteiger partial charge is 0.220 e. The molecule has 0 radical (unpaired) electrons. The number of aryl methyl sites for hydroxylation is 1. The monoisotopic (exact) mass is 434 g/mol. The van der Waals surface area contributed by atoms with Gasteiger partial charge in [0.2, 0.25) is 5.91 Å². The number of rotatable bonds is 8. The largest absolute Gasteiger partial charge is 0.490 e. The van der Waals surface area contributed by atoms with Gasteiger partial charge < -0.3 is 15.2 Å². The normalized spacial score (nSPS) is 19.9. The fourth-order valence-electron chi connectivity index (χ4n) is 4.05. The van der Waals surface area contributed by atoms with Gasteiger partial charge in [-0.15, -0.1) is 0 Å². The minimum Gasteiger partial charge on any atom is -0.490 e. The van der Waals surface area contributed by atoms with Crippen LogP contribution in [0.4, 0.5) is 0 Å². The summed E-state index contributed by atoms with van der Waals surface area (Å²) in [5, 5.41) is 5.28. The Morgan fingerprint density at radius 1 is 1.40 bits per heavy atom. The maximum atomic E-state index is 11.8. The van der Waals surface area contributed by atoms with E-state index in [2.05, 4.69) is 30.4 Å². The van der Waals surface area contributed by atoms with Crippen molar-refractivity contribution in [3.8, 4) is 5.75 Å². The van der Waals surface area contributed by atoms with Crippen LogP contribution in [0.25, 0.3) is 0 Å². The first-order chi connectivity index (χ1) is 14.2. The summed E-state index contributed by atoms with van der Waals surface area (Å²) in [5.74, 6) is 0.225. The Balaban J connectivity index is 1.76.